The molecule has 0 radical (unpaired) electrons. The number of anilines is 4. The van der Waals surface area contributed by atoms with Gasteiger partial charge in [-0.3, -0.25) is 4.79 Å². The molecular weight excluding hydrogens is 444 g/mol. The van der Waals surface area contributed by atoms with Crippen LogP contribution in [0.2, 0.25) is 0 Å². The quantitative estimate of drug-likeness (QED) is 0.449. The summed E-state index contributed by atoms with van der Waals surface area (Å²) in [5.41, 5.74) is 4.36. The summed E-state index contributed by atoms with van der Waals surface area (Å²) in [6, 6.07) is 17.9. The maximum Gasteiger partial charge on any atom is 0.323 e. The van der Waals surface area contributed by atoms with E-state index in [2.05, 4.69) is 20.9 Å². The molecule has 1 saturated heterocycles. The van der Waals surface area contributed by atoms with E-state index in [0.717, 1.165) is 37.2 Å². The molecule has 2 aliphatic rings. The molecule has 2 heterocycles. The number of hydrogen-bond acceptors (Lipinski definition) is 5. The molecule has 1 fully saturated rings. The molecule has 3 N–H and O–H groups in total. The molecule has 3 aromatic carbocycles. The highest BCUT2D eigenvalue weighted by atomic mass is 16.7. The Balaban J connectivity index is 1.36. The zero-order valence-electron chi connectivity index (χ0n) is 19.6. The van der Waals surface area contributed by atoms with Gasteiger partial charge in [0.2, 0.25) is 6.79 Å². The van der Waals surface area contributed by atoms with Crippen molar-refractivity contribution in [3.63, 3.8) is 0 Å². The maximum absolute atomic E-state index is 12.9. The monoisotopic (exact) mass is 472 g/mol. The standard InChI is InChI=1S/C27H28N4O4/c1-18-6-5-7-19(14-18)26(32)28-20-8-10-23(31-12-3-2-4-13-31)22(15-20)30-27(33)29-21-9-11-24-25(16-21)35-17-34-24/h5-11,14-16H,2-4,12-13,17H2,1H3,(H,28,32)(H2,29,30,33). The van der Waals surface area contributed by atoms with Crippen molar-refractivity contribution in [2.24, 2.45) is 0 Å². The van der Waals surface area contributed by atoms with E-state index < -0.39 is 0 Å². The number of urea groups is 1. The molecule has 3 aromatic rings. The Morgan fingerprint density at radius 1 is 0.800 bits per heavy atom. The van der Waals surface area contributed by atoms with Crippen molar-refractivity contribution < 1.29 is 19.1 Å². The van der Waals surface area contributed by atoms with Crippen LogP contribution in [0.25, 0.3) is 0 Å². The zero-order valence-corrected chi connectivity index (χ0v) is 19.6. The van der Waals surface area contributed by atoms with Crippen LogP contribution in [-0.4, -0.2) is 31.8 Å². The first-order chi connectivity index (χ1) is 17.0. The summed E-state index contributed by atoms with van der Waals surface area (Å²) in [5, 5.41) is 8.77. The van der Waals surface area contributed by atoms with Gasteiger partial charge in [0.1, 0.15) is 0 Å². The Morgan fingerprint density at radius 2 is 1.57 bits per heavy atom. The average molecular weight is 473 g/mol. The van der Waals surface area contributed by atoms with Gasteiger partial charge in [0.05, 0.1) is 11.4 Å². The molecule has 2 aliphatic heterocycles. The SMILES string of the molecule is Cc1cccc(C(=O)Nc2ccc(N3CCCCC3)c(NC(=O)Nc3ccc4c(c3)OCO4)c2)c1. The first kappa shape index (κ1) is 22.6. The third-order valence-electron chi connectivity index (χ3n) is 6.11. The van der Waals surface area contributed by atoms with Crippen molar-refractivity contribution in [1.82, 2.24) is 0 Å². The molecule has 0 bridgehead atoms. The lowest BCUT2D eigenvalue weighted by Gasteiger charge is -2.31. The lowest BCUT2D eigenvalue weighted by Crippen LogP contribution is -2.31. The predicted octanol–water partition coefficient (Wildman–Crippen LogP) is 5.61. The van der Waals surface area contributed by atoms with Gasteiger partial charge < -0.3 is 30.3 Å². The molecular formula is C27H28N4O4. The number of fused-ring (bicyclic) bond motifs is 1. The lowest BCUT2D eigenvalue weighted by atomic mass is 10.1. The number of benzene rings is 3. The van der Waals surface area contributed by atoms with Crippen molar-refractivity contribution in [2.45, 2.75) is 26.2 Å². The Morgan fingerprint density at radius 3 is 2.40 bits per heavy atom. The van der Waals surface area contributed by atoms with Crippen molar-refractivity contribution >= 4 is 34.7 Å². The van der Waals surface area contributed by atoms with Crippen LogP contribution in [0.3, 0.4) is 0 Å². The zero-order chi connectivity index (χ0) is 24.2. The summed E-state index contributed by atoms with van der Waals surface area (Å²) in [6.07, 6.45) is 3.41. The molecule has 0 spiro atoms. The highest BCUT2D eigenvalue weighted by molar-refractivity contribution is 6.06. The number of nitrogens with zero attached hydrogens (tertiary/aromatic N) is 1. The number of rotatable bonds is 5. The minimum absolute atomic E-state index is 0.172. The van der Waals surface area contributed by atoms with Gasteiger partial charge in [0.25, 0.3) is 5.91 Å². The fourth-order valence-electron chi connectivity index (χ4n) is 4.37. The second-order valence-electron chi connectivity index (χ2n) is 8.75. The summed E-state index contributed by atoms with van der Waals surface area (Å²) in [5.74, 6) is 1.05. The highest BCUT2D eigenvalue weighted by Gasteiger charge is 2.19. The summed E-state index contributed by atoms with van der Waals surface area (Å²) < 4.78 is 10.7. The summed E-state index contributed by atoms with van der Waals surface area (Å²) in [7, 11) is 0. The van der Waals surface area contributed by atoms with E-state index in [-0.39, 0.29) is 18.7 Å². The van der Waals surface area contributed by atoms with Gasteiger partial charge in [0.15, 0.2) is 11.5 Å². The number of ether oxygens (including phenoxy) is 2. The van der Waals surface area contributed by atoms with Crippen molar-refractivity contribution in [1.29, 1.82) is 0 Å². The second-order valence-corrected chi connectivity index (χ2v) is 8.75. The summed E-state index contributed by atoms with van der Waals surface area (Å²) in [4.78, 5) is 28.0. The van der Waals surface area contributed by atoms with E-state index in [1.807, 2.05) is 37.3 Å². The number of aryl methyl sites for hydroxylation is 1. The maximum atomic E-state index is 12.9. The van der Waals surface area contributed by atoms with Crippen molar-refractivity contribution in [3.8, 4) is 11.5 Å². The van der Waals surface area contributed by atoms with Gasteiger partial charge in [-0.25, -0.2) is 4.79 Å². The molecule has 0 saturated carbocycles. The van der Waals surface area contributed by atoms with Gasteiger partial charge in [-0.2, -0.15) is 0 Å². The largest absolute Gasteiger partial charge is 0.454 e. The minimum Gasteiger partial charge on any atom is -0.454 e. The minimum atomic E-state index is -0.385. The van der Waals surface area contributed by atoms with Gasteiger partial charge in [-0.1, -0.05) is 17.7 Å². The van der Waals surface area contributed by atoms with Gasteiger partial charge in [0, 0.05) is 36.1 Å². The highest BCUT2D eigenvalue weighted by Crippen LogP contribution is 2.35. The Labute approximate surface area is 204 Å². The van der Waals surface area contributed by atoms with E-state index >= 15 is 0 Å². The van der Waals surface area contributed by atoms with Crippen LogP contribution < -0.4 is 30.3 Å². The van der Waals surface area contributed by atoms with Crippen LogP contribution in [0, 0.1) is 6.92 Å². The molecule has 180 valence electrons. The number of amides is 3. The molecule has 0 aliphatic carbocycles. The fourth-order valence-corrected chi connectivity index (χ4v) is 4.37. The molecule has 0 atom stereocenters. The molecule has 8 heteroatoms. The summed E-state index contributed by atoms with van der Waals surface area (Å²) >= 11 is 0. The number of hydrogen-bond donors (Lipinski definition) is 3. The van der Waals surface area contributed by atoms with Gasteiger partial charge in [-0.15, -0.1) is 0 Å². The van der Waals surface area contributed by atoms with Crippen LogP contribution in [0.15, 0.2) is 60.7 Å². The first-order valence-electron chi connectivity index (χ1n) is 11.8. The van der Waals surface area contributed by atoms with E-state index in [0.29, 0.717) is 34.1 Å². The Bertz CT molecular complexity index is 1250. The van der Waals surface area contributed by atoms with Crippen LogP contribution in [0.5, 0.6) is 11.5 Å². The predicted molar refractivity (Wildman–Crippen MR) is 137 cm³/mol. The number of piperidine rings is 1. The summed E-state index contributed by atoms with van der Waals surface area (Å²) in [6.45, 7) is 3.97. The van der Waals surface area contributed by atoms with Crippen LogP contribution >= 0.6 is 0 Å². The number of carbonyl (C=O) groups excluding carboxylic acids is 2. The lowest BCUT2D eigenvalue weighted by molar-refractivity contribution is 0.102. The van der Waals surface area contributed by atoms with Crippen LogP contribution in [-0.2, 0) is 0 Å². The molecule has 35 heavy (non-hydrogen) atoms. The third kappa shape index (κ3) is 5.32. The van der Waals surface area contributed by atoms with E-state index in [4.69, 9.17) is 9.47 Å². The molecule has 0 unspecified atom stereocenters. The Hall–Kier alpha value is -4.20. The first-order valence-corrected chi connectivity index (χ1v) is 11.8. The van der Waals surface area contributed by atoms with E-state index in [1.54, 1.807) is 30.3 Å². The second kappa shape index (κ2) is 9.97. The molecule has 5 rings (SSSR count). The average Bonchev–Trinajstić information content (AvgIpc) is 3.33. The Kier molecular flexibility index (Phi) is 6.43. The van der Waals surface area contributed by atoms with Gasteiger partial charge in [-0.05, 0) is 68.7 Å². The normalized spacial score (nSPS) is 14.4. The molecule has 8 nitrogen and oxygen atoms in total. The van der Waals surface area contributed by atoms with Crippen LogP contribution in [0.4, 0.5) is 27.5 Å². The number of carbonyl (C=O) groups is 2. The molecule has 0 aromatic heterocycles. The third-order valence-corrected chi connectivity index (χ3v) is 6.11. The van der Waals surface area contributed by atoms with Crippen LogP contribution in [0.1, 0.15) is 35.2 Å². The van der Waals surface area contributed by atoms with E-state index in [1.165, 1.54) is 6.42 Å². The number of nitrogens with one attached hydrogen (secondary N) is 3. The topological polar surface area (TPSA) is 91.9 Å². The fraction of sp³-hybridized carbons (Fsp3) is 0.259. The van der Waals surface area contributed by atoms with E-state index in [9.17, 15) is 9.59 Å². The van der Waals surface area contributed by atoms with Gasteiger partial charge >= 0.3 is 6.03 Å². The van der Waals surface area contributed by atoms with Crippen molar-refractivity contribution in [2.75, 3.05) is 40.7 Å². The molecule has 3 amide bonds. The smallest absolute Gasteiger partial charge is 0.323 e. The van der Waals surface area contributed by atoms with Crippen molar-refractivity contribution in [3.05, 3.63) is 71.8 Å².